The fraction of sp³-hybridized carbons (Fsp3) is 0.917. The standard InChI is InChI=1S/C24H45NO3/c1-2-3-4-5-6-7-8-9-10-11-12-13-14-15-16-17-18-21-28-24(27)22-19-20-23(26)25-22/h22H,2-21H2,1H3,(H,25,26)/t22-/m0/s1. The van der Waals surface area contributed by atoms with Gasteiger partial charge in [0.15, 0.2) is 0 Å². The molecule has 1 aliphatic heterocycles. The highest BCUT2D eigenvalue weighted by atomic mass is 16.5. The summed E-state index contributed by atoms with van der Waals surface area (Å²) in [7, 11) is 0. The number of ether oxygens (including phenoxy) is 1. The molecule has 1 aliphatic rings. The maximum absolute atomic E-state index is 11.7. The van der Waals surface area contributed by atoms with E-state index in [0.717, 1.165) is 12.8 Å². The number of carbonyl (C=O) groups is 2. The average molecular weight is 396 g/mol. The van der Waals surface area contributed by atoms with Crippen molar-refractivity contribution in [2.75, 3.05) is 6.61 Å². The SMILES string of the molecule is CCCCCCCCCCCCCCCCCCCOC(=O)[C@@H]1CCC(=O)N1. The zero-order valence-corrected chi connectivity index (χ0v) is 18.4. The summed E-state index contributed by atoms with van der Waals surface area (Å²) < 4.78 is 5.24. The number of unbranched alkanes of at least 4 members (excludes halogenated alkanes) is 16. The lowest BCUT2D eigenvalue weighted by Crippen LogP contribution is -2.34. The number of amides is 1. The summed E-state index contributed by atoms with van der Waals surface area (Å²) in [6, 6.07) is -0.404. The van der Waals surface area contributed by atoms with Crippen molar-refractivity contribution in [3.05, 3.63) is 0 Å². The second-order valence-electron chi connectivity index (χ2n) is 8.48. The predicted molar refractivity (Wildman–Crippen MR) is 116 cm³/mol. The van der Waals surface area contributed by atoms with Gasteiger partial charge in [0.1, 0.15) is 6.04 Å². The molecule has 1 amide bonds. The monoisotopic (exact) mass is 395 g/mol. The summed E-state index contributed by atoms with van der Waals surface area (Å²) in [4.78, 5) is 22.8. The minimum atomic E-state index is -0.404. The lowest BCUT2D eigenvalue weighted by atomic mass is 10.0. The molecule has 28 heavy (non-hydrogen) atoms. The van der Waals surface area contributed by atoms with E-state index >= 15 is 0 Å². The van der Waals surface area contributed by atoms with Gasteiger partial charge in [0.2, 0.25) is 5.91 Å². The quantitative estimate of drug-likeness (QED) is 0.202. The van der Waals surface area contributed by atoms with Crippen LogP contribution >= 0.6 is 0 Å². The van der Waals surface area contributed by atoms with Crippen LogP contribution in [-0.4, -0.2) is 24.5 Å². The first-order chi connectivity index (χ1) is 13.7. The van der Waals surface area contributed by atoms with Gasteiger partial charge < -0.3 is 10.1 Å². The Hall–Kier alpha value is -1.06. The molecule has 0 aromatic rings. The number of esters is 1. The lowest BCUT2D eigenvalue weighted by Gasteiger charge is -2.09. The van der Waals surface area contributed by atoms with Gasteiger partial charge in [0.05, 0.1) is 6.61 Å². The molecule has 0 spiro atoms. The fourth-order valence-electron chi connectivity index (χ4n) is 3.89. The topological polar surface area (TPSA) is 55.4 Å². The van der Waals surface area contributed by atoms with Crippen LogP contribution in [0.5, 0.6) is 0 Å². The van der Waals surface area contributed by atoms with Crippen molar-refractivity contribution in [1.82, 2.24) is 5.32 Å². The van der Waals surface area contributed by atoms with Crippen molar-refractivity contribution in [2.45, 2.75) is 135 Å². The Kier molecular flexibility index (Phi) is 16.1. The molecule has 0 radical (unpaired) electrons. The maximum atomic E-state index is 11.7. The van der Waals surface area contributed by atoms with Crippen LogP contribution in [-0.2, 0) is 14.3 Å². The van der Waals surface area contributed by atoms with E-state index in [1.807, 2.05) is 0 Å². The van der Waals surface area contributed by atoms with Gasteiger partial charge in [-0.05, 0) is 12.8 Å². The highest BCUT2D eigenvalue weighted by molar-refractivity contribution is 5.87. The molecule has 0 bridgehead atoms. The van der Waals surface area contributed by atoms with Crippen molar-refractivity contribution < 1.29 is 14.3 Å². The van der Waals surface area contributed by atoms with Crippen molar-refractivity contribution in [3.8, 4) is 0 Å². The Bertz CT molecular complexity index is 397. The van der Waals surface area contributed by atoms with E-state index < -0.39 is 6.04 Å². The van der Waals surface area contributed by atoms with Crippen LogP contribution in [0.1, 0.15) is 129 Å². The van der Waals surface area contributed by atoms with E-state index in [1.54, 1.807) is 0 Å². The molecule has 164 valence electrons. The molecule has 1 atom stereocenters. The van der Waals surface area contributed by atoms with Crippen LogP contribution in [0.25, 0.3) is 0 Å². The number of hydrogen-bond acceptors (Lipinski definition) is 3. The van der Waals surface area contributed by atoms with Crippen LogP contribution in [0, 0.1) is 0 Å². The molecule has 0 aromatic heterocycles. The smallest absolute Gasteiger partial charge is 0.328 e. The third-order valence-electron chi connectivity index (χ3n) is 5.77. The van der Waals surface area contributed by atoms with Crippen LogP contribution in [0.4, 0.5) is 0 Å². The van der Waals surface area contributed by atoms with Crippen molar-refractivity contribution >= 4 is 11.9 Å². The van der Waals surface area contributed by atoms with Crippen LogP contribution in [0.2, 0.25) is 0 Å². The van der Waals surface area contributed by atoms with Crippen molar-refractivity contribution in [1.29, 1.82) is 0 Å². The maximum Gasteiger partial charge on any atom is 0.328 e. The summed E-state index contributed by atoms with van der Waals surface area (Å²) in [6.45, 7) is 2.77. The number of hydrogen-bond donors (Lipinski definition) is 1. The summed E-state index contributed by atoms with van der Waals surface area (Å²) in [6.07, 6.45) is 23.9. The van der Waals surface area contributed by atoms with Crippen molar-refractivity contribution in [2.24, 2.45) is 0 Å². The summed E-state index contributed by atoms with van der Waals surface area (Å²) in [5.74, 6) is -0.304. The van der Waals surface area contributed by atoms with Gasteiger partial charge in [-0.1, -0.05) is 110 Å². The van der Waals surface area contributed by atoms with Gasteiger partial charge in [-0.3, -0.25) is 4.79 Å². The molecule has 4 heteroatoms. The molecular weight excluding hydrogens is 350 g/mol. The first-order valence-corrected chi connectivity index (χ1v) is 12.2. The Labute approximate surface area is 173 Å². The van der Waals surface area contributed by atoms with Gasteiger partial charge in [0, 0.05) is 6.42 Å². The highest BCUT2D eigenvalue weighted by Crippen LogP contribution is 2.14. The van der Waals surface area contributed by atoms with Gasteiger partial charge in [-0.15, -0.1) is 0 Å². The second kappa shape index (κ2) is 18.0. The molecule has 1 saturated heterocycles. The predicted octanol–water partition coefficient (Wildman–Crippen LogP) is 6.46. The van der Waals surface area contributed by atoms with E-state index in [2.05, 4.69) is 12.2 Å². The zero-order chi connectivity index (χ0) is 20.3. The molecule has 1 heterocycles. The molecule has 1 rings (SSSR count). The third-order valence-corrected chi connectivity index (χ3v) is 5.77. The van der Waals surface area contributed by atoms with Crippen molar-refractivity contribution in [3.63, 3.8) is 0 Å². The molecular formula is C24H45NO3. The first-order valence-electron chi connectivity index (χ1n) is 12.2. The van der Waals surface area contributed by atoms with Gasteiger partial charge in [-0.25, -0.2) is 4.79 Å². The highest BCUT2D eigenvalue weighted by Gasteiger charge is 2.28. The lowest BCUT2D eigenvalue weighted by molar-refractivity contribution is -0.146. The minimum absolute atomic E-state index is 0.0419. The molecule has 0 unspecified atom stereocenters. The number of carbonyl (C=O) groups excluding carboxylic acids is 2. The molecule has 0 aromatic carbocycles. The molecule has 4 nitrogen and oxygen atoms in total. The third kappa shape index (κ3) is 14.0. The van der Waals surface area contributed by atoms with Gasteiger partial charge >= 0.3 is 5.97 Å². The van der Waals surface area contributed by atoms with Crippen LogP contribution in [0.3, 0.4) is 0 Å². The largest absolute Gasteiger partial charge is 0.464 e. The van der Waals surface area contributed by atoms with E-state index in [4.69, 9.17) is 4.74 Å². The number of nitrogens with one attached hydrogen (secondary N) is 1. The van der Waals surface area contributed by atoms with Gasteiger partial charge in [-0.2, -0.15) is 0 Å². The normalized spacial score (nSPS) is 16.3. The van der Waals surface area contributed by atoms with Crippen LogP contribution < -0.4 is 5.32 Å². The van der Waals surface area contributed by atoms with E-state index in [9.17, 15) is 9.59 Å². The van der Waals surface area contributed by atoms with E-state index in [1.165, 1.54) is 96.3 Å². The molecule has 0 saturated carbocycles. The Balaban J connectivity index is 1.71. The Morgan fingerprint density at radius 1 is 0.786 bits per heavy atom. The molecule has 1 N–H and O–H groups in total. The van der Waals surface area contributed by atoms with Crippen LogP contribution in [0.15, 0.2) is 0 Å². The van der Waals surface area contributed by atoms with E-state index in [0.29, 0.717) is 19.4 Å². The van der Waals surface area contributed by atoms with E-state index in [-0.39, 0.29) is 11.9 Å². The molecule has 1 fully saturated rings. The Morgan fingerprint density at radius 2 is 1.21 bits per heavy atom. The summed E-state index contributed by atoms with van der Waals surface area (Å²) >= 11 is 0. The Morgan fingerprint density at radius 3 is 1.61 bits per heavy atom. The fourth-order valence-corrected chi connectivity index (χ4v) is 3.89. The second-order valence-corrected chi connectivity index (χ2v) is 8.48. The first kappa shape index (κ1) is 25.0. The average Bonchev–Trinajstić information content (AvgIpc) is 3.13. The van der Waals surface area contributed by atoms with Gasteiger partial charge in [0.25, 0.3) is 0 Å². The summed E-state index contributed by atoms with van der Waals surface area (Å²) in [5.41, 5.74) is 0. The molecule has 0 aliphatic carbocycles. The summed E-state index contributed by atoms with van der Waals surface area (Å²) in [5, 5.41) is 2.65. The number of rotatable bonds is 19. The zero-order valence-electron chi connectivity index (χ0n) is 18.4. The minimum Gasteiger partial charge on any atom is -0.464 e.